The van der Waals surface area contributed by atoms with Crippen LogP contribution in [0.3, 0.4) is 0 Å². The fourth-order valence-corrected chi connectivity index (χ4v) is 2.61. The van der Waals surface area contributed by atoms with Gasteiger partial charge in [-0.3, -0.25) is 4.79 Å². The molecular weight excluding hydrogens is 276 g/mol. The van der Waals surface area contributed by atoms with Gasteiger partial charge in [-0.25, -0.2) is 0 Å². The van der Waals surface area contributed by atoms with Gasteiger partial charge in [0, 0.05) is 24.3 Å². The van der Waals surface area contributed by atoms with Gasteiger partial charge in [-0.15, -0.1) is 0 Å². The van der Waals surface area contributed by atoms with Gasteiger partial charge >= 0.3 is 0 Å². The molecule has 1 aromatic rings. The summed E-state index contributed by atoms with van der Waals surface area (Å²) in [5.41, 5.74) is 6.46. The van der Waals surface area contributed by atoms with Crippen molar-refractivity contribution in [2.45, 2.75) is 37.8 Å². The zero-order valence-corrected chi connectivity index (χ0v) is 12.5. The fourth-order valence-electron chi connectivity index (χ4n) is 2.40. The second-order valence-electron chi connectivity index (χ2n) is 5.48. The summed E-state index contributed by atoms with van der Waals surface area (Å²) in [6, 6.07) is 7.68. The van der Waals surface area contributed by atoms with Crippen molar-refractivity contribution in [3.63, 3.8) is 0 Å². The lowest BCUT2D eigenvalue weighted by Crippen LogP contribution is -2.58. The standard InChI is InChI=1S/C15H21ClN2O2/c1-11(9-12-3-2-4-13(16)10-12)18-14(19)15(17)5-7-20-8-6-15/h2-4,10-11H,5-9,17H2,1H3,(H,18,19). The summed E-state index contributed by atoms with van der Waals surface area (Å²) in [4.78, 5) is 12.3. The van der Waals surface area contributed by atoms with Crippen LogP contribution in [-0.2, 0) is 16.0 Å². The van der Waals surface area contributed by atoms with Crippen molar-refractivity contribution in [3.05, 3.63) is 34.9 Å². The highest BCUT2D eigenvalue weighted by molar-refractivity contribution is 6.30. The third-order valence-electron chi connectivity index (χ3n) is 3.65. The minimum Gasteiger partial charge on any atom is -0.381 e. The molecule has 1 amide bonds. The molecule has 0 bridgehead atoms. The molecule has 0 aliphatic carbocycles. The van der Waals surface area contributed by atoms with Crippen LogP contribution in [0.25, 0.3) is 0 Å². The average molecular weight is 297 g/mol. The van der Waals surface area contributed by atoms with Crippen molar-refractivity contribution in [2.24, 2.45) is 5.73 Å². The first kappa shape index (κ1) is 15.3. The Hall–Kier alpha value is -1.10. The molecule has 1 aliphatic heterocycles. The van der Waals surface area contributed by atoms with Crippen molar-refractivity contribution in [3.8, 4) is 0 Å². The Morgan fingerprint density at radius 3 is 2.85 bits per heavy atom. The van der Waals surface area contributed by atoms with Crippen LogP contribution in [0, 0.1) is 0 Å². The highest BCUT2D eigenvalue weighted by Gasteiger charge is 2.36. The number of nitrogens with two attached hydrogens (primary N) is 1. The average Bonchev–Trinajstić information content (AvgIpc) is 2.39. The number of ether oxygens (including phenoxy) is 1. The third kappa shape index (κ3) is 3.95. The van der Waals surface area contributed by atoms with Gasteiger partial charge in [0.15, 0.2) is 0 Å². The molecule has 20 heavy (non-hydrogen) atoms. The number of nitrogens with one attached hydrogen (secondary N) is 1. The Morgan fingerprint density at radius 2 is 2.20 bits per heavy atom. The van der Waals surface area contributed by atoms with Gasteiger partial charge in [-0.1, -0.05) is 23.7 Å². The first-order valence-corrected chi connectivity index (χ1v) is 7.29. The van der Waals surface area contributed by atoms with E-state index in [9.17, 15) is 4.79 Å². The maximum absolute atomic E-state index is 12.3. The molecule has 1 unspecified atom stereocenters. The van der Waals surface area contributed by atoms with Crippen LogP contribution in [0.1, 0.15) is 25.3 Å². The van der Waals surface area contributed by atoms with Gasteiger partial charge in [-0.2, -0.15) is 0 Å². The molecule has 5 heteroatoms. The number of halogens is 1. The van der Waals surface area contributed by atoms with Crippen molar-refractivity contribution < 1.29 is 9.53 Å². The Balaban J connectivity index is 1.90. The minimum absolute atomic E-state index is 0.0178. The molecule has 1 fully saturated rings. The zero-order valence-electron chi connectivity index (χ0n) is 11.7. The summed E-state index contributed by atoms with van der Waals surface area (Å²) < 4.78 is 5.25. The normalized spacial score (nSPS) is 19.4. The number of rotatable bonds is 4. The van der Waals surface area contributed by atoms with Crippen molar-refractivity contribution in [1.82, 2.24) is 5.32 Å². The molecule has 0 radical (unpaired) electrons. The van der Waals surface area contributed by atoms with Crippen molar-refractivity contribution in [1.29, 1.82) is 0 Å². The summed E-state index contributed by atoms with van der Waals surface area (Å²) in [5.74, 6) is -0.0877. The maximum Gasteiger partial charge on any atom is 0.240 e. The van der Waals surface area contributed by atoms with E-state index < -0.39 is 5.54 Å². The number of hydrogen-bond acceptors (Lipinski definition) is 3. The molecule has 1 aliphatic rings. The molecule has 1 saturated heterocycles. The minimum atomic E-state index is -0.791. The van der Waals surface area contributed by atoms with E-state index in [1.165, 1.54) is 0 Å². The van der Waals surface area contributed by atoms with E-state index >= 15 is 0 Å². The van der Waals surface area contributed by atoms with Gasteiger partial charge in [0.1, 0.15) is 0 Å². The van der Waals surface area contributed by atoms with Crippen molar-refractivity contribution in [2.75, 3.05) is 13.2 Å². The maximum atomic E-state index is 12.3. The smallest absolute Gasteiger partial charge is 0.240 e. The predicted molar refractivity (Wildman–Crippen MR) is 79.7 cm³/mol. The van der Waals surface area contributed by atoms with Gasteiger partial charge in [0.25, 0.3) is 0 Å². The number of hydrogen-bond donors (Lipinski definition) is 2. The Kier molecular flexibility index (Phi) is 5.02. The SMILES string of the molecule is CC(Cc1cccc(Cl)c1)NC(=O)C1(N)CCOCC1. The van der Waals surface area contributed by atoms with E-state index in [0.717, 1.165) is 12.0 Å². The summed E-state index contributed by atoms with van der Waals surface area (Å²) in [6.07, 6.45) is 1.88. The van der Waals surface area contributed by atoms with E-state index in [4.69, 9.17) is 22.1 Å². The molecule has 1 atom stereocenters. The van der Waals surface area contributed by atoms with E-state index in [-0.39, 0.29) is 11.9 Å². The highest BCUT2D eigenvalue weighted by Crippen LogP contribution is 2.18. The van der Waals surface area contributed by atoms with Crippen LogP contribution in [-0.4, -0.2) is 30.7 Å². The highest BCUT2D eigenvalue weighted by atomic mass is 35.5. The second kappa shape index (κ2) is 6.57. The van der Waals surface area contributed by atoms with E-state index in [2.05, 4.69) is 5.32 Å². The summed E-state index contributed by atoms with van der Waals surface area (Å²) in [7, 11) is 0. The van der Waals surface area contributed by atoms with Crippen LogP contribution in [0.5, 0.6) is 0 Å². The molecule has 0 aromatic heterocycles. The van der Waals surface area contributed by atoms with Crippen LogP contribution in [0.4, 0.5) is 0 Å². The lowest BCUT2D eigenvalue weighted by molar-refractivity contribution is -0.130. The van der Waals surface area contributed by atoms with Gasteiger partial charge < -0.3 is 15.8 Å². The molecule has 0 saturated carbocycles. The van der Waals surface area contributed by atoms with Crippen LogP contribution >= 0.6 is 11.6 Å². The van der Waals surface area contributed by atoms with E-state index in [1.807, 2.05) is 31.2 Å². The van der Waals surface area contributed by atoms with Crippen LogP contribution < -0.4 is 11.1 Å². The largest absolute Gasteiger partial charge is 0.381 e. The summed E-state index contributed by atoms with van der Waals surface area (Å²) in [5, 5.41) is 3.70. The Labute approximate surface area is 124 Å². The number of amides is 1. The van der Waals surface area contributed by atoms with E-state index in [0.29, 0.717) is 31.1 Å². The molecule has 1 heterocycles. The van der Waals surface area contributed by atoms with Crippen molar-refractivity contribution >= 4 is 17.5 Å². The third-order valence-corrected chi connectivity index (χ3v) is 3.88. The monoisotopic (exact) mass is 296 g/mol. The molecule has 1 aromatic carbocycles. The number of carbonyl (C=O) groups is 1. The first-order chi connectivity index (χ1) is 9.49. The number of carbonyl (C=O) groups excluding carboxylic acids is 1. The summed E-state index contributed by atoms with van der Waals surface area (Å²) >= 11 is 5.96. The molecule has 2 rings (SSSR count). The fraction of sp³-hybridized carbons (Fsp3) is 0.533. The van der Waals surface area contributed by atoms with Gasteiger partial charge in [0.2, 0.25) is 5.91 Å². The first-order valence-electron chi connectivity index (χ1n) is 6.92. The lowest BCUT2D eigenvalue weighted by atomic mass is 9.90. The molecule has 3 N–H and O–H groups in total. The van der Waals surface area contributed by atoms with Crippen LogP contribution in [0.15, 0.2) is 24.3 Å². The second-order valence-corrected chi connectivity index (χ2v) is 5.91. The van der Waals surface area contributed by atoms with Gasteiger partial charge in [0.05, 0.1) is 5.54 Å². The molecule has 110 valence electrons. The zero-order chi connectivity index (χ0) is 14.6. The molecule has 4 nitrogen and oxygen atoms in total. The van der Waals surface area contributed by atoms with Gasteiger partial charge in [-0.05, 0) is 43.9 Å². The topological polar surface area (TPSA) is 64.4 Å². The predicted octanol–water partition coefficient (Wildman–Crippen LogP) is 1.90. The molecule has 0 spiro atoms. The number of benzene rings is 1. The quantitative estimate of drug-likeness (QED) is 0.892. The Bertz CT molecular complexity index is 473. The Morgan fingerprint density at radius 1 is 1.50 bits per heavy atom. The van der Waals surface area contributed by atoms with Crippen LogP contribution in [0.2, 0.25) is 5.02 Å². The van der Waals surface area contributed by atoms with E-state index in [1.54, 1.807) is 0 Å². The lowest BCUT2D eigenvalue weighted by Gasteiger charge is -2.33. The molecular formula is C15H21ClN2O2. The summed E-state index contributed by atoms with van der Waals surface area (Å²) in [6.45, 7) is 3.07.